The minimum atomic E-state index is -1.25. The van der Waals surface area contributed by atoms with Gasteiger partial charge < -0.3 is 20.3 Å². The van der Waals surface area contributed by atoms with Gasteiger partial charge in [-0.05, 0) is 23.8 Å². The third-order valence-electron chi connectivity index (χ3n) is 2.06. The molecular formula is C12H13NO5. The van der Waals surface area contributed by atoms with Crippen molar-refractivity contribution in [2.45, 2.75) is 6.92 Å². The van der Waals surface area contributed by atoms with E-state index in [1.54, 1.807) is 0 Å². The lowest BCUT2D eigenvalue weighted by molar-refractivity contribution is -0.134. The van der Waals surface area contributed by atoms with Gasteiger partial charge in [0.05, 0.1) is 7.11 Å². The van der Waals surface area contributed by atoms with Crippen LogP contribution < -0.4 is 10.1 Å². The highest BCUT2D eigenvalue weighted by atomic mass is 16.5. The van der Waals surface area contributed by atoms with Gasteiger partial charge in [-0.2, -0.15) is 0 Å². The summed E-state index contributed by atoms with van der Waals surface area (Å²) in [4.78, 5) is 21.7. The molecule has 0 fully saturated rings. The fourth-order valence-electron chi connectivity index (χ4n) is 1.29. The Morgan fingerprint density at radius 2 is 2.06 bits per heavy atom. The number of amides is 1. The number of carboxylic acids is 1. The summed E-state index contributed by atoms with van der Waals surface area (Å²) < 4.78 is 4.89. The molecule has 0 atom stereocenters. The minimum Gasteiger partial charge on any atom is -0.504 e. The molecule has 1 aromatic rings. The number of hydrogen-bond acceptors (Lipinski definition) is 4. The van der Waals surface area contributed by atoms with Crippen molar-refractivity contribution in [3.63, 3.8) is 0 Å². The van der Waals surface area contributed by atoms with Crippen LogP contribution in [0.3, 0.4) is 0 Å². The molecule has 0 aliphatic carbocycles. The molecule has 0 aliphatic rings. The highest BCUT2D eigenvalue weighted by Gasteiger charge is 2.09. The predicted octanol–water partition coefficient (Wildman–Crippen LogP) is 0.962. The topological polar surface area (TPSA) is 95.9 Å². The van der Waals surface area contributed by atoms with Crippen molar-refractivity contribution in [1.82, 2.24) is 5.32 Å². The van der Waals surface area contributed by atoms with E-state index in [1.807, 2.05) is 0 Å². The Bertz CT molecular complexity index is 507. The first-order valence-electron chi connectivity index (χ1n) is 5.03. The molecule has 1 amide bonds. The van der Waals surface area contributed by atoms with Gasteiger partial charge in [-0.1, -0.05) is 6.07 Å². The van der Waals surface area contributed by atoms with Crippen molar-refractivity contribution >= 4 is 18.0 Å². The van der Waals surface area contributed by atoms with Crippen LogP contribution in [0.4, 0.5) is 0 Å². The number of benzene rings is 1. The van der Waals surface area contributed by atoms with Gasteiger partial charge in [-0.15, -0.1) is 0 Å². The number of phenolic OH excluding ortho intramolecular Hbond substituents is 1. The normalized spacial score (nSPS) is 10.9. The number of aliphatic carboxylic acids is 1. The molecule has 0 heterocycles. The molecule has 96 valence electrons. The Labute approximate surface area is 104 Å². The molecule has 0 radical (unpaired) electrons. The molecule has 3 N–H and O–H groups in total. The van der Waals surface area contributed by atoms with Crippen molar-refractivity contribution < 1.29 is 24.5 Å². The van der Waals surface area contributed by atoms with Gasteiger partial charge in [0.25, 0.3) is 0 Å². The minimum absolute atomic E-state index is 0.0500. The van der Waals surface area contributed by atoms with Crippen molar-refractivity contribution in [3.8, 4) is 11.5 Å². The predicted molar refractivity (Wildman–Crippen MR) is 64.1 cm³/mol. The summed E-state index contributed by atoms with van der Waals surface area (Å²) in [6.07, 6.45) is 1.27. The molecule has 18 heavy (non-hydrogen) atoms. The molecule has 0 saturated heterocycles. The van der Waals surface area contributed by atoms with E-state index in [9.17, 15) is 14.7 Å². The smallest absolute Gasteiger partial charge is 0.352 e. The summed E-state index contributed by atoms with van der Waals surface area (Å²) in [5, 5.41) is 20.5. The lowest BCUT2D eigenvalue weighted by Gasteiger charge is -2.06. The van der Waals surface area contributed by atoms with Gasteiger partial charge in [0.15, 0.2) is 11.5 Å². The maximum Gasteiger partial charge on any atom is 0.352 e. The Balaban J connectivity index is 3.11. The molecule has 0 aromatic heterocycles. The molecule has 1 rings (SSSR count). The average molecular weight is 251 g/mol. The number of rotatable bonds is 4. The zero-order valence-corrected chi connectivity index (χ0v) is 9.93. The van der Waals surface area contributed by atoms with Crippen LogP contribution in [0.2, 0.25) is 0 Å². The van der Waals surface area contributed by atoms with Gasteiger partial charge in [-0.3, -0.25) is 4.79 Å². The quantitative estimate of drug-likeness (QED) is 0.693. The van der Waals surface area contributed by atoms with Crippen molar-refractivity contribution in [3.05, 3.63) is 29.5 Å². The van der Waals surface area contributed by atoms with Crippen LogP contribution in [-0.4, -0.2) is 29.2 Å². The lowest BCUT2D eigenvalue weighted by atomic mass is 10.1. The Kier molecular flexibility index (Phi) is 4.31. The second kappa shape index (κ2) is 5.72. The molecule has 1 aromatic carbocycles. The van der Waals surface area contributed by atoms with E-state index in [-0.39, 0.29) is 17.2 Å². The van der Waals surface area contributed by atoms with Gasteiger partial charge in [0.1, 0.15) is 5.70 Å². The summed E-state index contributed by atoms with van der Waals surface area (Å²) in [7, 11) is 1.38. The number of nitrogens with one attached hydrogen (secondary N) is 1. The Morgan fingerprint density at radius 3 is 2.56 bits per heavy atom. The molecule has 6 nitrogen and oxygen atoms in total. The van der Waals surface area contributed by atoms with Gasteiger partial charge in [0.2, 0.25) is 5.91 Å². The monoisotopic (exact) mass is 251 g/mol. The SMILES string of the molecule is COc1cc(/C=C(/NC(C)=O)C(=O)O)ccc1O. The Hall–Kier alpha value is -2.50. The fourth-order valence-corrected chi connectivity index (χ4v) is 1.29. The first-order chi connectivity index (χ1) is 8.43. The van der Waals surface area contributed by atoms with Crippen LogP contribution in [-0.2, 0) is 9.59 Å². The highest BCUT2D eigenvalue weighted by molar-refractivity contribution is 5.96. The molecular weight excluding hydrogens is 238 g/mol. The number of carbonyl (C=O) groups is 2. The van der Waals surface area contributed by atoms with Crippen LogP contribution in [0.25, 0.3) is 6.08 Å². The van der Waals surface area contributed by atoms with Crippen LogP contribution in [0, 0.1) is 0 Å². The number of aromatic hydroxyl groups is 1. The standard InChI is InChI=1S/C12H13NO5/c1-7(14)13-9(12(16)17)5-8-3-4-10(15)11(6-8)18-2/h3-6,15H,1-2H3,(H,13,14)(H,16,17)/b9-5+. The first kappa shape index (κ1) is 13.6. The molecule has 0 bridgehead atoms. The second-order valence-electron chi connectivity index (χ2n) is 3.48. The number of ether oxygens (including phenoxy) is 1. The van der Waals surface area contributed by atoms with Crippen LogP contribution in [0.5, 0.6) is 11.5 Å². The van der Waals surface area contributed by atoms with Crippen LogP contribution in [0.1, 0.15) is 12.5 Å². The number of methoxy groups -OCH3 is 1. The third kappa shape index (κ3) is 3.51. The van der Waals surface area contributed by atoms with Crippen LogP contribution in [0.15, 0.2) is 23.9 Å². The largest absolute Gasteiger partial charge is 0.504 e. The number of carboxylic acid groups (broad SMARTS) is 1. The van der Waals surface area contributed by atoms with Gasteiger partial charge in [0, 0.05) is 6.92 Å². The first-order valence-corrected chi connectivity index (χ1v) is 5.03. The van der Waals surface area contributed by atoms with Crippen LogP contribution >= 0.6 is 0 Å². The summed E-state index contributed by atoms with van der Waals surface area (Å²) >= 11 is 0. The van der Waals surface area contributed by atoms with E-state index in [1.165, 1.54) is 38.3 Å². The molecule has 0 aliphatic heterocycles. The van der Waals surface area contributed by atoms with E-state index in [0.29, 0.717) is 5.56 Å². The number of phenols is 1. The maximum atomic E-state index is 10.9. The zero-order chi connectivity index (χ0) is 13.7. The van der Waals surface area contributed by atoms with E-state index < -0.39 is 11.9 Å². The number of carbonyl (C=O) groups excluding carboxylic acids is 1. The van der Waals surface area contributed by atoms with Gasteiger partial charge >= 0.3 is 5.97 Å². The highest BCUT2D eigenvalue weighted by Crippen LogP contribution is 2.27. The van der Waals surface area contributed by atoms with E-state index in [4.69, 9.17) is 9.84 Å². The molecule has 0 saturated carbocycles. The van der Waals surface area contributed by atoms with Gasteiger partial charge in [-0.25, -0.2) is 4.79 Å². The van der Waals surface area contributed by atoms with Crippen molar-refractivity contribution in [2.24, 2.45) is 0 Å². The van der Waals surface area contributed by atoms with Crippen molar-refractivity contribution in [2.75, 3.05) is 7.11 Å². The third-order valence-corrected chi connectivity index (χ3v) is 2.06. The Morgan fingerprint density at radius 1 is 1.39 bits per heavy atom. The second-order valence-corrected chi connectivity index (χ2v) is 3.48. The summed E-state index contributed by atoms with van der Waals surface area (Å²) in [5.74, 6) is -1.56. The van der Waals surface area contributed by atoms with E-state index in [0.717, 1.165) is 0 Å². The van der Waals surface area contributed by atoms with Crippen molar-refractivity contribution in [1.29, 1.82) is 0 Å². The molecule has 0 unspecified atom stereocenters. The summed E-state index contributed by atoms with van der Waals surface area (Å²) in [6.45, 7) is 1.22. The summed E-state index contributed by atoms with van der Waals surface area (Å²) in [6, 6.07) is 4.33. The summed E-state index contributed by atoms with van der Waals surface area (Å²) in [5.41, 5.74) is 0.228. The lowest BCUT2D eigenvalue weighted by Crippen LogP contribution is -2.24. The maximum absolute atomic E-state index is 10.9. The van der Waals surface area contributed by atoms with E-state index in [2.05, 4.69) is 5.32 Å². The fraction of sp³-hybridized carbons (Fsp3) is 0.167. The molecule has 0 spiro atoms. The zero-order valence-electron chi connectivity index (χ0n) is 9.93. The van der Waals surface area contributed by atoms with E-state index >= 15 is 0 Å². The molecule has 6 heteroatoms. The number of hydrogen-bond donors (Lipinski definition) is 3. The average Bonchev–Trinajstić information content (AvgIpc) is 2.29.